The molecule has 1 saturated heterocycles. The maximum absolute atomic E-state index is 11.9. The molecule has 1 aliphatic heterocycles. The van der Waals surface area contributed by atoms with Crippen molar-refractivity contribution in [3.63, 3.8) is 0 Å². The number of aryl methyl sites for hydroxylation is 1. The van der Waals surface area contributed by atoms with E-state index in [0.717, 1.165) is 28.6 Å². The van der Waals surface area contributed by atoms with Crippen LogP contribution in [0.1, 0.15) is 24.8 Å². The number of unbranched alkanes of at least 4 members (excludes halogenated alkanes) is 1. The number of halogens is 1. The molecule has 0 unspecified atom stereocenters. The molecule has 22 heavy (non-hydrogen) atoms. The van der Waals surface area contributed by atoms with Gasteiger partial charge in [0.15, 0.2) is 0 Å². The number of hydrogen-bond donors (Lipinski definition) is 1. The summed E-state index contributed by atoms with van der Waals surface area (Å²) in [6.45, 7) is 2.56. The summed E-state index contributed by atoms with van der Waals surface area (Å²) in [6, 6.07) is 5.75. The van der Waals surface area contributed by atoms with Gasteiger partial charge in [-0.2, -0.15) is 0 Å². The van der Waals surface area contributed by atoms with Gasteiger partial charge in [0.1, 0.15) is 4.32 Å². The van der Waals surface area contributed by atoms with Crippen LogP contribution in [0.5, 0.6) is 0 Å². The normalized spacial score (nSPS) is 14.5. The minimum Gasteiger partial charge on any atom is -0.326 e. The lowest BCUT2D eigenvalue weighted by atomic mass is 10.2. The second-order valence-corrected chi connectivity index (χ2v) is 7.59. The van der Waals surface area contributed by atoms with Crippen LogP contribution in [0.2, 0.25) is 0 Å². The quantitative estimate of drug-likeness (QED) is 0.583. The van der Waals surface area contributed by atoms with Gasteiger partial charge in [-0.05, 0) is 43.5 Å². The van der Waals surface area contributed by atoms with E-state index in [9.17, 15) is 9.59 Å². The van der Waals surface area contributed by atoms with Crippen LogP contribution in [-0.4, -0.2) is 33.3 Å². The fraction of sp³-hybridized carbons (Fsp3) is 0.400. The van der Waals surface area contributed by atoms with Gasteiger partial charge in [-0.1, -0.05) is 39.9 Å². The van der Waals surface area contributed by atoms with Crippen LogP contribution >= 0.6 is 39.9 Å². The Morgan fingerprint density at radius 2 is 2.23 bits per heavy atom. The number of carbonyl (C=O) groups excluding carboxylic acids is 2. The number of anilines is 1. The SMILES string of the molecule is Cc1cc(Br)ccc1NC(=O)CCCCN1C(=O)CSC1=S. The zero-order chi connectivity index (χ0) is 16.1. The van der Waals surface area contributed by atoms with Crippen molar-refractivity contribution in [2.24, 2.45) is 0 Å². The second-order valence-electron chi connectivity index (χ2n) is 5.06. The van der Waals surface area contributed by atoms with Gasteiger partial charge in [-0.3, -0.25) is 14.5 Å². The predicted molar refractivity (Wildman–Crippen MR) is 98.1 cm³/mol. The first-order valence-corrected chi connectivity index (χ1v) is 9.19. The Labute approximate surface area is 148 Å². The molecule has 0 saturated carbocycles. The predicted octanol–water partition coefficient (Wildman–Crippen LogP) is 3.73. The minimum atomic E-state index is -0.00452. The smallest absolute Gasteiger partial charge is 0.238 e. The molecule has 1 N–H and O–H groups in total. The lowest BCUT2D eigenvalue weighted by molar-refractivity contribution is -0.124. The van der Waals surface area contributed by atoms with E-state index >= 15 is 0 Å². The summed E-state index contributed by atoms with van der Waals surface area (Å²) in [7, 11) is 0. The van der Waals surface area contributed by atoms with Gasteiger partial charge in [0, 0.05) is 23.1 Å². The molecule has 0 radical (unpaired) electrons. The summed E-state index contributed by atoms with van der Waals surface area (Å²) >= 11 is 9.92. The van der Waals surface area contributed by atoms with Gasteiger partial charge in [0.05, 0.1) is 5.75 Å². The monoisotopic (exact) mass is 400 g/mol. The highest BCUT2D eigenvalue weighted by Gasteiger charge is 2.25. The van der Waals surface area contributed by atoms with E-state index < -0.39 is 0 Å². The van der Waals surface area contributed by atoms with Crippen LogP contribution in [-0.2, 0) is 9.59 Å². The highest BCUT2D eigenvalue weighted by Crippen LogP contribution is 2.21. The summed E-state index contributed by atoms with van der Waals surface area (Å²) in [6.07, 6.45) is 1.95. The van der Waals surface area contributed by atoms with E-state index in [2.05, 4.69) is 21.2 Å². The first-order chi connectivity index (χ1) is 10.5. The number of amides is 2. The number of rotatable bonds is 6. The van der Waals surface area contributed by atoms with Crippen molar-refractivity contribution in [2.45, 2.75) is 26.2 Å². The summed E-state index contributed by atoms with van der Waals surface area (Å²) < 4.78 is 1.65. The third-order valence-corrected chi connectivity index (χ3v) is 5.26. The van der Waals surface area contributed by atoms with Crippen LogP contribution in [0.3, 0.4) is 0 Å². The molecule has 2 amide bonds. The molecule has 0 aliphatic carbocycles. The number of hydrogen-bond acceptors (Lipinski definition) is 4. The minimum absolute atomic E-state index is 0.00452. The average Bonchev–Trinajstić information content (AvgIpc) is 2.78. The Bertz CT molecular complexity index is 591. The Kier molecular flexibility index (Phi) is 6.40. The molecule has 118 valence electrons. The molecule has 1 fully saturated rings. The van der Waals surface area contributed by atoms with Crippen LogP contribution in [0.4, 0.5) is 5.69 Å². The fourth-order valence-corrected chi connectivity index (χ4v) is 3.73. The van der Waals surface area contributed by atoms with E-state index in [-0.39, 0.29) is 11.8 Å². The highest BCUT2D eigenvalue weighted by atomic mass is 79.9. The zero-order valence-corrected chi connectivity index (χ0v) is 15.4. The van der Waals surface area contributed by atoms with E-state index in [1.54, 1.807) is 4.90 Å². The average molecular weight is 401 g/mol. The Balaban J connectivity index is 1.72. The van der Waals surface area contributed by atoms with Crippen LogP contribution in [0.25, 0.3) is 0 Å². The number of nitrogens with zero attached hydrogens (tertiary/aromatic N) is 1. The maximum atomic E-state index is 11.9. The van der Waals surface area contributed by atoms with Crippen LogP contribution < -0.4 is 5.32 Å². The van der Waals surface area contributed by atoms with Crippen molar-refractivity contribution < 1.29 is 9.59 Å². The van der Waals surface area contributed by atoms with E-state index in [1.165, 1.54) is 11.8 Å². The highest BCUT2D eigenvalue weighted by molar-refractivity contribution is 9.10. The van der Waals surface area contributed by atoms with Gasteiger partial charge < -0.3 is 5.32 Å². The van der Waals surface area contributed by atoms with Gasteiger partial charge in [0.25, 0.3) is 0 Å². The maximum Gasteiger partial charge on any atom is 0.238 e. The van der Waals surface area contributed by atoms with Gasteiger partial charge >= 0.3 is 0 Å². The summed E-state index contributed by atoms with van der Waals surface area (Å²) in [4.78, 5) is 25.1. The third kappa shape index (κ3) is 4.79. The standard InChI is InChI=1S/C15H17BrN2O2S2/c1-10-8-11(16)5-6-12(10)17-13(19)4-2-3-7-18-14(20)9-22-15(18)21/h5-6,8H,2-4,7,9H2,1H3,(H,17,19). The fourth-order valence-electron chi connectivity index (χ4n) is 2.13. The first-order valence-electron chi connectivity index (χ1n) is 7.00. The zero-order valence-electron chi connectivity index (χ0n) is 12.2. The molecule has 0 atom stereocenters. The van der Waals surface area contributed by atoms with Crippen molar-refractivity contribution in [1.82, 2.24) is 4.90 Å². The van der Waals surface area contributed by atoms with Crippen molar-refractivity contribution in [1.29, 1.82) is 0 Å². The molecule has 4 nitrogen and oxygen atoms in total. The van der Waals surface area contributed by atoms with E-state index in [4.69, 9.17) is 12.2 Å². The molecule has 0 bridgehead atoms. The Morgan fingerprint density at radius 3 is 2.86 bits per heavy atom. The molecule has 1 aromatic carbocycles. The summed E-state index contributed by atoms with van der Waals surface area (Å²) in [5.74, 6) is 0.516. The number of thioether (sulfide) groups is 1. The second kappa shape index (κ2) is 8.08. The van der Waals surface area contributed by atoms with Crippen LogP contribution in [0, 0.1) is 6.92 Å². The van der Waals surface area contributed by atoms with Crippen molar-refractivity contribution in [2.75, 3.05) is 17.6 Å². The molecule has 2 rings (SSSR count). The van der Waals surface area contributed by atoms with Crippen molar-refractivity contribution >= 4 is 61.7 Å². The number of nitrogens with one attached hydrogen (secondary N) is 1. The molecular formula is C15H17BrN2O2S2. The van der Waals surface area contributed by atoms with Crippen LogP contribution in [0.15, 0.2) is 22.7 Å². The molecule has 7 heteroatoms. The molecule has 1 aromatic rings. The number of benzene rings is 1. The molecule has 0 spiro atoms. The third-order valence-electron chi connectivity index (χ3n) is 3.34. The Hall–Kier alpha value is -0.920. The molecule has 1 heterocycles. The first kappa shape index (κ1) is 17.4. The lowest BCUT2D eigenvalue weighted by Gasteiger charge is -2.14. The molecule has 0 aromatic heterocycles. The van der Waals surface area contributed by atoms with Gasteiger partial charge in [-0.25, -0.2) is 0 Å². The van der Waals surface area contributed by atoms with Crippen molar-refractivity contribution in [3.05, 3.63) is 28.2 Å². The largest absolute Gasteiger partial charge is 0.326 e. The summed E-state index contributed by atoms with van der Waals surface area (Å²) in [5.41, 5.74) is 1.85. The summed E-state index contributed by atoms with van der Waals surface area (Å²) in [5, 5.41) is 2.91. The lowest BCUT2D eigenvalue weighted by Crippen LogP contribution is -2.29. The van der Waals surface area contributed by atoms with E-state index in [0.29, 0.717) is 23.0 Å². The van der Waals surface area contributed by atoms with Gasteiger partial charge in [0.2, 0.25) is 11.8 Å². The number of thiocarbonyl (C=S) groups is 1. The molecular weight excluding hydrogens is 384 g/mol. The van der Waals surface area contributed by atoms with E-state index in [1.807, 2.05) is 25.1 Å². The number of carbonyl (C=O) groups is 2. The molecule has 1 aliphatic rings. The topological polar surface area (TPSA) is 49.4 Å². The van der Waals surface area contributed by atoms with Gasteiger partial charge in [-0.15, -0.1) is 0 Å². The van der Waals surface area contributed by atoms with Crippen molar-refractivity contribution in [3.8, 4) is 0 Å². The Morgan fingerprint density at radius 1 is 1.45 bits per heavy atom.